The molecule has 4 aliphatic carbocycles. The van der Waals surface area contributed by atoms with Crippen LogP contribution in [0.3, 0.4) is 0 Å². The molecular weight excluding hydrogens is 336 g/mol. The molecule has 0 bridgehead atoms. The van der Waals surface area contributed by atoms with E-state index >= 15 is 0 Å². The van der Waals surface area contributed by atoms with Gasteiger partial charge in [0.25, 0.3) is 0 Å². The van der Waals surface area contributed by atoms with E-state index < -0.39 is 0 Å². The number of carbonyl (C=O) groups is 2. The zero-order chi connectivity index (χ0) is 19.2. The van der Waals surface area contributed by atoms with E-state index in [9.17, 15) is 9.59 Å². The summed E-state index contributed by atoms with van der Waals surface area (Å²) >= 11 is 0. The summed E-state index contributed by atoms with van der Waals surface area (Å²) in [4.78, 5) is 24.2. The van der Waals surface area contributed by atoms with Crippen molar-refractivity contribution in [1.29, 1.82) is 0 Å². The van der Waals surface area contributed by atoms with Gasteiger partial charge in [0, 0.05) is 18.3 Å². The summed E-state index contributed by atoms with van der Waals surface area (Å²) in [5.41, 5.74) is 1.60. The van der Waals surface area contributed by atoms with Gasteiger partial charge in [-0.3, -0.25) is 9.59 Å². The number of hydrogen-bond acceptors (Lipinski definition) is 3. The van der Waals surface area contributed by atoms with Crippen LogP contribution in [-0.4, -0.2) is 17.9 Å². The van der Waals surface area contributed by atoms with Gasteiger partial charge < -0.3 is 4.74 Å². The molecule has 3 nitrogen and oxygen atoms in total. The van der Waals surface area contributed by atoms with Gasteiger partial charge in [-0.05, 0) is 80.6 Å². The molecule has 3 heteroatoms. The summed E-state index contributed by atoms with van der Waals surface area (Å²) in [7, 11) is 0. The zero-order valence-electron chi connectivity index (χ0n) is 17.3. The Balaban J connectivity index is 1.52. The Morgan fingerprint density at radius 3 is 2.85 bits per heavy atom. The van der Waals surface area contributed by atoms with Crippen LogP contribution in [0.5, 0.6) is 0 Å². The average molecular weight is 373 g/mol. The van der Waals surface area contributed by atoms with Gasteiger partial charge >= 0.3 is 5.97 Å². The van der Waals surface area contributed by atoms with Crippen LogP contribution >= 0.6 is 0 Å². The Hall–Kier alpha value is -1.12. The first-order valence-electron chi connectivity index (χ1n) is 11.4. The summed E-state index contributed by atoms with van der Waals surface area (Å²) in [6.07, 6.45) is 12.2. The van der Waals surface area contributed by atoms with Crippen molar-refractivity contribution in [2.24, 2.45) is 35.0 Å². The van der Waals surface area contributed by atoms with E-state index in [-0.39, 0.29) is 17.5 Å². The molecular formula is C24H36O3. The van der Waals surface area contributed by atoms with E-state index in [1.807, 2.05) is 6.08 Å². The standard InChI is InChI=1S/C24H36O3/c1-4-5-6-22(26)27-21-10-9-20-23-15(2)13-16-14-17(25)7-8-18(16)19(23)11-12-24(20,21)3/h14-15,18-21,23H,4-13H2,1-3H3/t15-,18+,19-,20+,21+,23-,24+/m1/s1. The van der Waals surface area contributed by atoms with Crippen molar-refractivity contribution in [1.82, 2.24) is 0 Å². The number of carbonyl (C=O) groups excluding carboxylic acids is 2. The van der Waals surface area contributed by atoms with Gasteiger partial charge in [0.2, 0.25) is 0 Å². The minimum Gasteiger partial charge on any atom is -0.462 e. The van der Waals surface area contributed by atoms with Gasteiger partial charge in [0.1, 0.15) is 6.10 Å². The minimum absolute atomic E-state index is 0.0125. The second kappa shape index (κ2) is 7.37. The molecule has 0 aliphatic heterocycles. The Bertz CT molecular complexity index is 636. The number of hydrogen-bond donors (Lipinski definition) is 0. The molecule has 0 aromatic rings. The molecule has 0 heterocycles. The first-order valence-corrected chi connectivity index (χ1v) is 11.4. The molecule has 0 N–H and O–H groups in total. The van der Waals surface area contributed by atoms with Crippen molar-refractivity contribution in [3.8, 4) is 0 Å². The van der Waals surface area contributed by atoms with Crippen molar-refractivity contribution in [2.45, 2.75) is 91.1 Å². The largest absolute Gasteiger partial charge is 0.462 e. The molecule has 0 radical (unpaired) electrons. The number of ether oxygens (including phenoxy) is 1. The SMILES string of the molecule is CCCCC(=O)O[C@H]1CC[C@H]2[C@H]3[C@H](CC[C@]12C)[C@H]1CCC(=O)C=C1C[C@H]3C. The molecule has 0 saturated heterocycles. The van der Waals surface area contributed by atoms with E-state index in [0.29, 0.717) is 30.0 Å². The van der Waals surface area contributed by atoms with Crippen LogP contribution in [0.15, 0.2) is 11.6 Å². The molecule has 150 valence electrons. The summed E-state index contributed by atoms with van der Waals surface area (Å²) in [6, 6.07) is 0. The maximum absolute atomic E-state index is 12.3. The molecule has 3 saturated carbocycles. The van der Waals surface area contributed by atoms with Crippen LogP contribution in [0.25, 0.3) is 0 Å². The fraction of sp³-hybridized carbons (Fsp3) is 0.833. The molecule has 0 aromatic carbocycles. The van der Waals surface area contributed by atoms with E-state index in [4.69, 9.17) is 4.74 Å². The normalized spacial score (nSPS) is 43.4. The third kappa shape index (κ3) is 3.29. The number of allylic oxidation sites excluding steroid dienone is 1. The Kier molecular flexibility index (Phi) is 5.24. The van der Waals surface area contributed by atoms with Crippen molar-refractivity contribution in [3.05, 3.63) is 11.6 Å². The third-order valence-electron chi connectivity index (χ3n) is 8.56. The number of ketones is 1. The molecule has 4 rings (SSSR count). The number of unbranched alkanes of at least 4 members (excludes halogenated alkanes) is 1. The highest BCUT2D eigenvalue weighted by atomic mass is 16.5. The van der Waals surface area contributed by atoms with Crippen molar-refractivity contribution >= 4 is 11.8 Å². The van der Waals surface area contributed by atoms with Gasteiger partial charge in [-0.25, -0.2) is 0 Å². The first kappa shape index (κ1) is 19.2. The van der Waals surface area contributed by atoms with E-state index in [2.05, 4.69) is 20.8 Å². The van der Waals surface area contributed by atoms with Crippen LogP contribution in [-0.2, 0) is 14.3 Å². The van der Waals surface area contributed by atoms with E-state index in [0.717, 1.165) is 50.4 Å². The third-order valence-corrected chi connectivity index (χ3v) is 8.56. The maximum Gasteiger partial charge on any atom is 0.306 e. The second-order valence-electron chi connectivity index (χ2n) is 10.1. The zero-order valence-corrected chi connectivity index (χ0v) is 17.3. The number of esters is 1. The lowest BCUT2D eigenvalue weighted by molar-refractivity contribution is -0.159. The first-order chi connectivity index (χ1) is 12.9. The topological polar surface area (TPSA) is 43.4 Å². The monoisotopic (exact) mass is 372 g/mol. The molecule has 7 atom stereocenters. The van der Waals surface area contributed by atoms with Crippen LogP contribution < -0.4 is 0 Å². The van der Waals surface area contributed by atoms with Crippen LogP contribution in [0.1, 0.15) is 85.0 Å². The lowest BCUT2D eigenvalue weighted by atomic mass is 9.49. The quantitative estimate of drug-likeness (QED) is 0.614. The second-order valence-corrected chi connectivity index (χ2v) is 10.1. The highest BCUT2D eigenvalue weighted by molar-refractivity contribution is 5.91. The fourth-order valence-electron chi connectivity index (χ4n) is 7.27. The predicted octanol–water partition coefficient (Wildman–Crippen LogP) is 5.48. The molecule has 27 heavy (non-hydrogen) atoms. The molecule has 0 aromatic heterocycles. The highest BCUT2D eigenvalue weighted by Gasteiger charge is 2.58. The van der Waals surface area contributed by atoms with Crippen molar-refractivity contribution in [2.75, 3.05) is 0 Å². The van der Waals surface area contributed by atoms with E-state index in [1.54, 1.807) is 0 Å². The van der Waals surface area contributed by atoms with Crippen LogP contribution in [0, 0.1) is 35.0 Å². The predicted molar refractivity (Wildman–Crippen MR) is 106 cm³/mol. The lowest BCUT2D eigenvalue weighted by Gasteiger charge is -2.55. The van der Waals surface area contributed by atoms with Crippen LogP contribution in [0.4, 0.5) is 0 Å². The summed E-state index contributed by atoms with van der Waals surface area (Å²) in [5, 5.41) is 0. The summed E-state index contributed by atoms with van der Waals surface area (Å²) in [6.45, 7) is 6.93. The number of rotatable bonds is 4. The fourth-order valence-corrected chi connectivity index (χ4v) is 7.27. The van der Waals surface area contributed by atoms with Crippen molar-refractivity contribution in [3.63, 3.8) is 0 Å². The van der Waals surface area contributed by atoms with Gasteiger partial charge in [-0.2, -0.15) is 0 Å². The highest BCUT2D eigenvalue weighted by Crippen LogP contribution is 2.63. The Morgan fingerprint density at radius 2 is 2.07 bits per heavy atom. The summed E-state index contributed by atoms with van der Waals surface area (Å²) in [5.74, 6) is 3.78. The summed E-state index contributed by atoms with van der Waals surface area (Å²) < 4.78 is 6.03. The van der Waals surface area contributed by atoms with Gasteiger partial charge in [-0.1, -0.05) is 32.8 Å². The molecule has 4 aliphatic rings. The maximum atomic E-state index is 12.3. The van der Waals surface area contributed by atoms with E-state index in [1.165, 1.54) is 24.8 Å². The molecule has 0 spiro atoms. The molecule has 0 unspecified atom stereocenters. The van der Waals surface area contributed by atoms with Crippen molar-refractivity contribution < 1.29 is 14.3 Å². The smallest absolute Gasteiger partial charge is 0.306 e. The molecule has 0 amide bonds. The number of fused-ring (bicyclic) bond motifs is 5. The Morgan fingerprint density at radius 1 is 1.26 bits per heavy atom. The molecule has 3 fully saturated rings. The Labute approximate surface area is 164 Å². The van der Waals surface area contributed by atoms with Crippen LogP contribution in [0.2, 0.25) is 0 Å². The average Bonchev–Trinajstić information content (AvgIpc) is 2.96. The van der Waals surface area contributed by atoms with Gasteiger partial charge in [-0.15, -0.1) is 0 Å². The minimum atomic E-state index is 0.0125. The van der Waals surface area contributed by atoms with Gasteiger partial charge in [0.15, 0.2) is 5.78 Å². The lowest BCUT2D eigenvalue weighted by Crippen LogP contribution is -2.50. The van der Waals surface area contributed by atoms with Gasteiger partial charge in [0.05, 0.1) is 0 Å².